The monoisotopic (exact) mass is 166 g/mol. The molecule has 3 heteroatoms. The van der Waals surface area contributed by atoms with Crippen LogP contribution in [0.2, 0.25) is 0 Å². The number of hydrogen-bond acceptors (Lipinski definition) is 2. The van der Waals surface area contributed by atoms with Crippen LogP contribution in [0.25, 0.3) is 0 Å². The van der Waals surface area contributed by atoms with Gasteiger partial charge in [0.2, 0.25) is 5.91 Å². The predicted molar refractivity (Wildman–Crippen MR) is 46.7 cm³/mol. The highest BCUT2D eigenvalue weighted by Gasteiger charge is 2.28. The fourth-order valence-electron chi connectivity index (χ4n) is 1.56. The summed E-state index contributed by atoms with van der Waals surface area (Å²) < 4.78 is 0. The number of rotatable bonds is 1. The molecule has 2 rings (SSSR count). The van der Waals surface area contributed by atoms with Gasteiger partial charge in [-0.05, 0) is 6.42 Å². The molecule has 1 saturated heterocycles. The first kappa shape index (κ1) is 7.80. The molecule has 0 aliphatic carbocycles. The van der Waals surface area contributed by atoms with Crippen molar-refractivity contribution < 1.29 is 4.79 Å². The Labute approximate surface area is 72.4 Å². The molecule has 1 N–H and O–H groups in total. The zero-order chi connectivity index (χ0) is 8.39. The van der Waals surface area contributed by atoms with Crippen molar-refractivity contribution in [2.75, 3.05) is 26.2 Å². The second-order valence-corrected chi connectivity index (χ2v) is 3.40. The summed E-state index contributed by atoms with van der Waals surface area (Å²) in [5.74, 6) is 0.592. The first-order chi connectivity index (χ1) is 5.88. The molecule has 1 fully saturated rings. The second kappa shape index (κ2) is 3.27. The smallest absolute Gasteiger partial charge is 0.228 e. The third kappa shape index (κ3) is 1.37. The summed E-state index contributed by atoms with van der Waals surface area (Å²) in [7, 11) is 0. The van der Waals surface area contributed by atoms with Crippen LogP contribution < -0.4 is 5.32 Å². The van der Waals surface area contributed by atoms with Crippen LogP contribution in [0.4, 0.5) is 0 Å². The van der Waals surface area contributed by atoms with Gasteiger partial charge in [0, 0.05) is 26.2 Å². The van der Waals surface area contributed by atoms with E-state index in [2.05, 4.69) is 17.5 Å². The molecule has 3 nitrogen and oxygen atoms in total. The van der Waals surface area contributed by atoms with Crippen LogP contribution in [0.3, 0.4) is 0 Å². The van der Waals surface area contributed by atoms with E-state index in [1.165, 1.54) is 0 Å². The van der Waals surface area contributed by atoms with E-state index in [-0.39, 0.29) is 5.92 Å². The van der Waals surface area contributed by atoms with E-state index in [4.69, 9.17) is 0 Å². The van der Waals surface area contributed by atoms with Gasteiger partial charge in [0.05, 0.1) is 5.92 Å². The zero-order valence-corrected chi connectivity index (χ0v) is 7.12. The summed E-state index contributed by atoms with van der Waals surface area (Å²) in [6.45, 7) is 3.47. The van der Waals surface area contributed by atoms with Crippen molar-refractivity contribution in [3.05, 3.63) is 12.2 Å². The minimum Gasteiger partial charge on any atom is -0.338 e. The third-order valence-electron chi connectivity index (χ3n) is 2.50. The Kier molecular flexibility index (Phi) is 2.13. The molecule has 2 aliphatic rings. The lowest BCUT2D eigenvalue weighted by molar-refractivity contribution is -0.136. The van der Waals surface area contributed by atoms with Gasteiger partial charge in [-0.25, -0.2) is 0 Å². The van der Waals surface area contributed by atoms with Crippen molar-refractivity contribution in [1.82, 2.24) is 10.2 Å². The molecule has 0 unspecified atom stereocenters. The second-order valence-electron chi connectivity index (χ2n) is 3.40. The molecule has 0 aromatic carbocycles. The van der Waals surface area contributed by atoms with E-state index in [0.717, 1.165) is 32.6 Å². The first-order valence-electron chi connectivity index (χ1n) is 4.52. The zero-order valence-electron chi connectivity index (χ0n) is 7.12. The summed E-state index contributed by atoms with van der Waals surface area (Å²) in [6.07, 6.45) is 5.24. The van der Waals surface area contributed by atoms with Crippen LogP contribution in [0.5, 0.6) is 0 Å². The predicted octanol–water partition coefficient (Wildman–Crippen LogP) is -0.00570. The summed E-state index contributed by atoms with van der Waals surface area (Å²) >= 11 is 0. The average molecular weight is 166 g/mol. The molecule has 66 valence electrons. The fourth-order valence-corrected chi connectivity index (χ4v) is 1.56. The molecule has 0 aromatic heterocycles. The Balaban J connectivity index is 1.90. The van der Waals surface area contributed by atoms with E-state index in [9.17, 15) is 4.79 Å². The standard InChI is InChI=1S/C9H14N2O/c12-9(8-6-10-7-8)11-4-2-1-3-5-11/h1-2,8,10H,3-7H2. The lowest BCUT2D eigenvalue weighted by atomic mass is 10.0. The van der Waals surface area contributed by atoms with Crippen LogP contribution in [0, 0.1) is 5.92 Å². The number of amides is 1. The summed E-state index contributed by atoms with van der Waals surface area (Å²) in [5.41, 5.74) is 0. The lowest BCUT2D eigenvalue weighted by Gasteiger charge is -2.32. The van der Waals surface area contributed by atoms with E-state index in [0.29, 0.717) is 5.91 Å². The molecule has 1 amide bonds. The highest BCUT2D eigenvalue weighted by atomic mass is 16.2. The molecule has 0 aromatic rings. The fraction of sp³-hybridized carbons (Fsp3) is 0.667. The highest BCUT2D eigenvalue weighted by Crippen LogP contribution is 2.10. The Morgan fingerprint density at radius 1 is 1.42 bits per heavy atom. The van der Waals surface area contributed by atoms with Crippen molar-refractivity contribution in [3.8, 4) is 0 Å². The summed E-state index contributed by atoms with van der Waals surface area (Å²) in [6, 6.07) is 0. The van der Waals surface area contributed by atoms with Crippen LogP contribution in [0.1, 0.15) is 6.42 Å². The normalized spacial score (nSPS) is 23.8. The van der Waals surface area contributed by atoms with Crippen molar-refractivity contribution in [2.24, 2.45) is 5.92 Å². The Morgan fingerprint density at radius 3 is 2.75 bits per heavy atom. The van der Waals surface area contributed by atoms with Gasteiger partial charge >= 0.3 is 0 Å². The minimum atomic E-state index is 0.261. The van der Waals surface area contributed by atoms with Crippen molar-refractivity contribution in [2.45, 2.75) is 6.42 Å². The highest BCUT2D eigenvalue weighted by molar-refractivity contribution is 5.80. The van der Waals surface area contributed by atoms with Gasteiger partial charge in [0.15, 0.2) is 0 Å². The number of nitrogens with zero attached hydrogens (tertiary/aromatic N) is 1. The molecule has 0 spiro atoms. The molecular formula is C9H14N2O. The van der Waals surface area contributed by atoms with Crippen LogP contribution >= 0.6 is 0 Å². The van der Waals surface area contributed by atoms with Gasteiger partial charge in [-0.15, -0.1) is 0 Å². The number of hydrogen-bond donors (Lipinski definition) is 1. The molecular weight excluding hydrogens is 152 g/mol. The van der Waals surface area contributed by atoms with Crippen LogP contribution in [-0.2, 0) is 4.79 Å². The number of carbonyl (C=O) groups excluding carboxylic acids is 1. The number of nitrogens with one attached hydrogen (secondary N) is 1. The Morgan fingerprint density at radius 2 is 2.25 bits per heavy atom. The maximum atomic E-state index is 11.6. The number of carbonyl (C=O) groups is 1. The summed E-state index contributed by atoms with van der Waals surface area (Å²) in [4.78, 5) is 13.6. The van der Waals surface area contributed by atoms with Gasteiger partial charge in [-0.3, -0.25) is 4.79 Å². The lowest BCUT2D eigenvalue weighted by Crippen LogP contribution is -2.52. The quantitative estimate of drug-likeness (QED) is 0.556. The van der Waals surface area contributed by atoms with E-state index < -0.39 is 0 Å². The molecule has 0 saturated carbocycles. The molecule has 0 radical (unpaired) electrons. The molecule has 0 bridgehead atoms. The maximum Gasteiger partial charge on any atom is 0.228 e. The first-order valence-corrected chi connectivity index (χ1v) is 4.52. The molecule has 2 aliphatic heterocycles. The van der Waals surface area contributed by atoms with E-state index >= 15 is 0 Å². The van der Waals surface area contributed by atoms with Gasteiger partial charge < -0.3 is 10.2 Å². The molecule has 0 atom stereocenters. The molecule has 2 heterocycles. The van der Waals surface area contributed by atoms with Crippen molar-refractivity contribution >= 4 is 5.91 Å². The van der Waals surface area contributed by atoms with Crippen LogP contribution in [-0.4, -0.2) is 37.0 Å². The van der Waals surface area contributed by atoms with Gasteiger partial charge in [0.25, 0.3) is 0 Å². The topological polar surface area (TPSA) is 32.3 Å². The van der Waals surface area contributed by atoms with E-state index in [1.54, 1.807) is 0 Å². The van der Waals surface area contributed by atoms with Gasteiger partial charge in [-0.2, -0.15) is 0 Å². The van der Waals surface area contributed by atoms with Crippen LogP contribution in [0.15, 0.2) is 12.2 Å². The molecule has 12 heavy (non-hydrogen) atoms. The Bertz CT molecular complexity index is 209. The van der Waals surface area contributed by atoms with Gasteiger partial charge in [-0.1, -0.05) is 12.2 Å². The maximum absolute atomic E-state index is 11.6. The average Bonchev–Trinajstić information content (AvgIpc) is 2.03. The third-order valence-corrected chi connectivity index (χ3v) is 2.50. The Hall–Kier alpha value is -0.830. The largest absolute Gasteiger partial charge is 0.338 e. The van der Waals surface area contributed by atoms with Gasteiger partial charge in [0.1, 0.15) is 0 Å². The summed E-state index contributed by atoms with van der Waals surface area (Å²) in [5, 5.41) is 3.12. The van der Waals surface area contributed by atoms with Crippen molar-refractivity contribution in [1.29, 1.82) is 0 Å². The van der Waals surface area contributed by atoms with E-state index in [1.807, 2.05) is 4.90 Å². The van der Waals surface area contributed by atoms with Crippen molar-refractivity contribution in [3.63, 3.8) is 0 Å². The SMILES string of the molecule is O=C(C1CNC1)N1CC=CCC1. The minimum absolute atomic E-state index is 0.261.